The molecule has 16 heavy (non-hydrogen) atoms. The van der Waals surface area contributed by atoms with Crippen LogP contribution in [-0.2, 0) is 4.79 Å². The molecule has 0 aromatic heterocycles. The van der Waals surface area contributed by atoms with Crippen molar-refractivity contribution in [3.63, 3.8) is 0 Å². The molecule has 1 fully saturated rings. The molecule has 0 radical (unpaired) electrons. The van der Waals surface area contributed by atoms with E-state index in [1.165, 1.54) is 4.90 Å². The number of nitrogens with zero attached hydrogens (tertiary/aromatic N) is 2. The highest BCUT2D eigenvalue weighted by molar-refractivity contribution is 6.31. The van der Waals surface area contributed by atoms with Gasteiger partial charge in [0, 0.05) is 13.1 Å². The van der Waals surface area contributed by atoms with E-state index in [0.717, 1.165) is 0 Å². The zero-order chi connectivity index (χ0) is 11.8. The Morgan fingerprint density at radius 3 is 2.62 bits per heavy atom. The monoisotopic (exact) mass is 245 g/mol. The summed E-state index contributed by atoms with van der Waals surface area (Å²) >= 11 is 5.60. The maximum atomic E-state index is 11.7. The molecule has 0 saturated carbocycles. The van der Waals surface area contributed by atoms with E-state index in [0.29, 0.717) is 31.8 Å². The number of alkyl halides is 1. The standard InChI is InChI=1S/C9H12ClN3O3/c10-5-6-11-7(14)9(12-6)1-3-13(4-2-9)8(15)16/h1-5H2,(H,15,16)(H,11,12,14). The number of nitrogens with one attached hydrogen (secondary N) is 1. The predicted molar refractivity (Wildman–Crippen MR) is 57.9 cm³/mol. The lowest BCUT2D eigenvalue weighted by Crippen LogP contribution is -2.50. The average molecular weight is 246 g/mol. The molecule has 7 heteroatoms. The third-order valence-electron chi connectivity index (χ3n) is 3.02. The molecule has 2 N–H and O–H groups in total. The van der Waals surface area contributed by atoms with Crippen LogP contribution in [0.1, 0.15) is 12.8 Å². The molecule has 0 bridgehead atoms. The molecule has 0 atom stereocenters. The molecule has 2 aliphatic heterocycles. The number of carbonyl (C=O) groups excluding carboxylic acids is 1. The minimum atomic E-state index is -0.949. The van der Waals surface area contributed by atoms with Crippen LogP contribution < -0.4 is 5.32 Å². The zero-order valence-electron chi connectivity index (χ0n) is 8.57. The lowest BCUT2D eigenvalue weighted by atomic mass is 9.88. The van der Waals surface area contributed by atoms with E-state index < -0.39 is 11.6 Å². The van der Waals surface area contributed by atoms with E-state index in [-0.39, 0.29) is 11.8 Å². The molecule has 0 aliphatic carbocycles. The third kappa shape index (κ3) is 1.73. The predicted octanol–water partition coefficient (Wildman–Crippen LogP) is 0.266. The Morgan fingerprint density at radius 1 is 1.56 bits per heavy atom. The first-order valence-electron chi connectivity index (χ1n) is 5.01. The number of carbonyl (C=O) groups is 2. The van der Waals surface area contributed by atoms with Crippen molar-refractivity contribution in [3.05, 3.63) is 0 Å². The summed E-state index contributed by atoms with van der Waals surface area (Å²) in [5.74, 6) is 0.500. The molecule has 0 aromatic rings. The summed E-state index contributed by atoms with van der Waals surface area (Å²) < 4.78 is 0. The summed E-state index contributed by atoms with van der Waals surface area (Å²) in [4.78, 5) is 28.0. The van der Waals surface area contributed by atoms with Crippen molar-refractivity contribution in [2.24, 2.45) is 4.99 Å². The van der Waals surface area contributed by atoms with Crippen molar-refractivity contribution >= 4 is 29.4 Å². The van der Waals surface area contributed by atoms with Crippen LogP contribution in [0, 0.1) is 0 Å². The van der Waals surface area contributed by atoms with Crippen molar-refractivity contribution < 1.29 is 14.7 Å². The SMILES string of the molecule is O=C(O)N1CCC2(CC1)N=C(CCl)NC2=O. The number of likely N-dealkylation sites (tertiary alicyclic amines) is 1. The highest BCUT2D eigenvalue weighted by atomic mass is 35.5. The van der Waals surface area contributed by atoms with Gasteiger partial charge in [-0.05, 0) is 12.8 Å². The fourth-order valence-corrected chi connectivity index (χ4v) is 2.18. The number of piperidine rings is 1. The van der Waals surface area contributed by atoms with Crippen molar-refractivity contribution in [1.82, 2.24) is 10.2 Å². The molecular formula is C9H12ClN3O3. The number of carboxylic acid groups (broad SMARTS) is 1. The van der Waals surface area contributed by atoms with Gasteiger partial charge in [-0.25, -0.2) is 4.79 Å². The topological polar surface area (TPSA) is 82.0 Å². The Morgan fingerprint density at radius 2 is 2.19 bits per heavy atom. The Hall–Kier alpha value is -1.30. The molecule has 2 amide bonds. The van der Waals surface area contributed by atoms with Gasteiger partial charge in [-0.15, -0.1) is 11.6 Å². The smallest absolute Gasteiger partial charge is 0.407 e. The number of aliphatic imine (C=N–C) groups is 1. The fourth-order valence-electron chi connectivity index (χ4n) is 2.05. The summed E-state index contributed by atoms with van der Waals surface area (Å²) in [5, 5.41) is 11.4. The maximum absolute atomic E-state index is 11.7. The van der Waals surface area contributed by atoms with Gasteiger partial charge >= 0.3 is 6.09 Å². The molecule has 1 saturated heterocycles. The van der Waals surface area contributed by atoms with Crippen LogP contribution in [0.2, 0.25) is 0 Å². The van der Waals surface area contributed by atoms with E-state index in [1.807, 2.05) is 0 Å². The fraction of sp³-hybridized carbons (Fsp3) is 0.667. The molecular weight excluding hydrogens is 234 g/mol. The van der Waals surface area contributed by atoms with Gasteiger partial charge in [-0.1, -0.05) is 0 Å². The highest BCUT2D eigenvalue weighted by Gasteiger charge is 2.46. The lowest BCUT2D eigenvalue weighted by molar-refractivity contribution is -0.125. The van der Waals surface area contributed by atoms with Crippen LogP contribution in [0.25, 0.3) is 0 Å². The van der Waals surface area contributed by atoms with Crippen LogP contribution in [0.15, 0.2) is 4.99 Å². The second-order valence-corrected chi connectivity index (χ2v) is 4.21. The summed E-state index contributed by atoms with van der Waals surface area (Å²) in [6, 6.07) is 0. The minimum Gasteiger partial charge on any atom is -0.465 e. The first-order valence-corrected chi connectivity index (χ1v) is 5.55. The number of hydrogen-bond acceptors (Lipinski definition) is 3. The van der Waals surface area contributed by atoms with E-state index in [9.17, 15) is 9.59 Å². The summed E-state index contributed by atoms with van der Waals surface area (Å²) in [6.07, 6.45) is -0.105. The number of amides is 2. The van der Waals surface area contributed by atoms with E-state index in [4.69, 9.17) is 16.7 Å². The van der Waals surface area contributed by atoms with Gasteiger partial charge in [-0.3, -0.25) is 9.79 Å². The Labute approximate surface area is 97.3 Å². The van der Waals surface area contributed by atoms with Crippen molar-refractivity contribution in [2.75, 3.05) is 19.0 Å². The van der Waals surface area contributed by atoms with Crippen LogP contribution in [-0.4, -0.2) is 52.4 Å². The summed E-state index contributed by atoms with van der Waals surface area (Å²) in [5.41, 5.74) is -0.782. The molecule has 0 aromatic carbocycles. The molecule has 0 unspecified atom stereocenters. The van der Waals surface area contributed by atoms with Gasteiger partial charge in [0.2, 0.25) is 0 Å². The second kappa shape index (κ2) is 3.93. The third-order valence-corrected chi connectivity index (χ3v) is 3.27. The zero-order valence-corrected chi connectivity index (χ0v) is 9.33. The Balaban J connectivity index is 2.10. The molecule has 88 valence electrons. The molecule has 2 heterocycles. The lowest BCUT2D eigenvalue weighted by Gasteiger charge is -2.33. The Kier molecular flexibility index (Phi) is 2.75. The number of amidine groups is 1. The van der Waals surface area contributed by atoms with Crippen LogP contribution >= 0.6 is 11.6 Å². The van der Waals surface area contributed by atoms with Gasteiger partial charge in [0.05, 0.1) is 5.88 Å². The van der Waals surface area contributed by atoms with Crippen LogP contribution in [0.4, 0.5) is 4.79 Å². The largest absolute Gasteiger partial charge is 0.465 e. The average Bonchev–Trinajstić information content (AvgIpc) is 2.57. The molecule has 6 nitrogen and oxygen atoms in total. The van der Waals surface area contributed by atoms with Crippen LogP contribution in [0.5, 0.6) is 0 Å². The normalized spacial score (nSPS) is 23.2. The van der Waals surface area contributed by atoms with Crippen molar-refractivity contribution in [3.8, 4) is 0 Å². The highest BCUT2D eigenvalue weighted by Crippen LogP contribution is 2.29. The maximum Gasteiger partial charge on any atom is 0.407 e. The van der Waals surface area contributed by atoms with Crippen molar-refractivity contribution in [1.29, 1.82) is 0 Å². The quantitative estimate of drug-likeness (QED) is 0.651. The molecule has 2 rings (SSSR count). The number of halogens is 1. The number of hydrogen-bond donors (Lipinski definition) is 2. The number of rotatable bonds is 1. The Bertz CT molecular complexity index is 361. The van der Waals surface area contributed by atoms with E-state index in [2.05, 4.69) is 10.3 Å². The van der Waals surface area contributed by atoms with Gasteiger partial charge in [-0.2, -0.15) is 0 Å². The van der Waals surface area contributed by atoms with Gasteiger partial charge < -0.3 is 15.3 Å². The first kappa shape index (κ1) is 11.2. The minimum absolute atomic E-state index is 0.159. The van der Waals surface area contributed by atoms with Gasteiger partial charge in [0.1, 0.15) is 11.4 Å². The second-order valence-electron chi connectivity index (χ2n) is 3.95. The first-order chi connectivity index (χ1) is 7.57. The van der Waals surface area contributed by atoms with Crippen LogP contribution in [0.3, 0.4) is 0 Å². The van der Waals surface area contributed by atoms with E-state index in [1.54, 1.807) is 0 Å². The molecule has 2 aliphatic rings. The van der Waals surface area contributed by atoms with Gasteiger partial charge in [0.25, 0.3) is 5.91 Å². The molecule has 1 spiro atoms. The van der Waals surface area contributed by atoms with E-state index >= 15 is 0 Å². The summed E-state index contributed by atoms with van der Waals surface area (Å²) in [6.45, 7) is 0.670. The van der Waals surface area contributed by atoms with Gasteiger partial charge in [0.15, 0.2) is 0 Å². The van der Waals surface area contributed by atoms with Crippen molar-refractivity contribution in [2.45, 2.75) is 18.4 Å². The summed E-state index contributed by atoms with van der Waals surface area (Å²) in [7, 11) is 0.